The minimum atomic E-state index is -5.25. The molecule has 2 heterocycles. The molecule has 1 aliphatic heterocycles. The summed E-state index contributed by atoms with van der Waals surface area (Å²) in [6.45, 7) is 4.92. The quantitative estimate of drug-likeness (QED) is 0.322. The number of aliphatic imine (C=N–C) groups is 1. The van der Waals surface area contributed by atoms with Crippen LogP contribution in [-0.2, 0) is 10.0 Å². The lowest BCUT2D eigenvalue weighted by Gasteiger charge is -2.32. The van der Waals surface area contributed by atoms with E-state index in [1.165, 1.54) is 4.88 Å². The smallest absolute Gasteiger partial charge is 0.357 e. The maximum Gasteiger partial charge on any atom is 0.511 e. The van der Waals surface area contributed by atoms with Gasteiger partial charge in [0.15, 0.2) is 5.96 Å². The summed E-state index contributed by atoms with van der Waals surface area (Å²) in [7, 11) is -5.25. The number of nitrogens with zero attached hydrogens (tertiary/aromatic N) is 2. The number of halogens is 4. The summed E-state index contributed by atoms with van der Waals surface area (Å²) >= 11 is 1.67. The molecule has 1 unspecified atom stereocenters. The van der Waals surface area contributed by atoms with Crippen LogP contribution in [0, 0.1) is 0 Å². The lowest BCUT2D eigenvalue weighted by atomic mass is 10.1. The number of thiophene rings is 1. The highest BCUT2D eigenvalue weighted by Gasteiger charge is 2.50. The van der Waals surface area contributed by atoms with Gasteiger partial charge in [-0.15, -0.1) is 35.3 Å². The summed E-state index contributed by atoms with van der Waals surface area (Å²) in [5, 5.41) is 8.35. The predicted molar refractivity (Wildman–Crippen MR) is 117 cm³/mol. The molecule has 1 fully saturated rings. The lowest BCUT2D eigenvalue weighted by molar-refractivity contribution is -0.0494. The third-order valence-electron chi connectivity index (χ3n) is 4.32. The number of alkyl halides is 3. The van der Waals surface area contributed by atoms with Crippen molar-refractivity contribution in [3.05, 3.63) is 22.4 Å². The minimum absolute atomic E-state index is 0. The molecule has 1 aliphatic rings. The van der Waals surface area contributed by atoms with Crippen LogP contribution in [0.1, 0.15) is 37.5 Å². The molecule has 1 aromatic rings. The first-order valence-electron chi connectivity index (χ1n) is 8.79. The number of rotatable bonds is 6. The molecule has 0 spiro atoms. The Morgan fingerprint density at radius 2 is 2.04 bits per heavy atom. The van der Waals surface area contributed by atoms with Crippen molar-refractivity contribution in [3.8, 4) is 0 Å². The molecule has 0 aromatic carbocycles. The molecule has 6 nitrogen and oxygen atoms in total. The van der Waals surface area contributed by atoms with Gasteiger partial charge < -0.3 is 10.6 Å². The van der Waals surface area contributed by atoms with Crippen molar-refractivity contribution in [2.75, 3.05) is 26.2 Å². The van der Waals surface area contributed by atoms with Crippen LogP contribution in [0.15, 0.2) is 22.5 Å². The molecule has 2 rings (SSSR count). The zero-order valence-electron chi connectivity index (χ0n) is 15.7. The first-order valence-corrected chi connectivity index (χ1v) is 11.1. The van der Waals surface area contributed by atoms with Crippen LogP contribution in [0.4, 0.5) is 13.2 Å². The highest BCUT2D eigenvalue weighted by Crippen LogP contribution is 2.29. The Labute approximate surface area is 185 Å². The van der Waals surface area contributed by atoms with Crippen LogP contribution in [0.25, 0.3) is 0 Å². The monoisotopic (exact) mass is 554 g/mol. The fourth-order valence-electron chi connectivity index (χ4n) is 2.79. The molecule has 1 aromatic heterocycles. The molecular formula is C16H26F3IN4O2S2. The maximum atomic E-state index is 12.6. The van der Waals surface area contributed by atoms with Gasteiger partial charge in [0.25, 0.3) is 0 Å². The van der Waals surface area contributed by atoms with Crippen molar-refractivity contribution in [2.24, 2.45) is 4.99 Å². The summed E-state index contributed by atoms with van der Waals surface area (Å²) in [6.07, 6.45) is 0.584. The molecule has 28 heavy (non-hydrogen) atoms. The van der Waals surface area contributed by atoms with E-state index in [0.29, 0.717) is 36.2 Å². The normalized spacial score (nSPS) is 18.4. The van der Waals surface area contributed by atoms with E-state index < -0.39 is 15.5 Å². The van der Waals surface area contributed by atoms with E-state index in [1.54, 1.807) is 11.3 Å². The van der Waals surface area contributed by atoms with Crippen LogP contribution < -0.4 is 10.6 Å². The molecule has 0 bridgehead atoms. The Hall–Kier alpha value is -0.600. The van der Waals surface area contributed by atoms with Crippen LogP contribution in [0.3, 0.4) is 0 Å². The van der Waals surface area contributed by atoms with E-state index in [1.807, 2.05) is 18.4 Å². The Morgan fingerprint density at radius 3 is 2.54 bits per heavy atom. The van der Waals surface area contributed by atoms with Crippen LogP contribution in [0.2, 0.25) is 0 Å². The lowest BCUT2D eigenvalue weighted by Crippen LogP contribution is -2.51. The second-order valence-corrected chi connectivity index (χ2v) is 9.31. The van der Waals surface area contributed by atoms with Crippen molar-refractivity contribution in [1.82, 2.24) is 14.9 Å². The van der Waals surface area contributed by atoms with Crippen molar-refractivity contribution in [3.63, 3.8) is 0 Å². The predicted octanol–water partition coefficient (Wildman–Crippen LogP) is 3.34. The van der Waals surface area contributed by atoms with Gasteiger partial charge in [0.1, 0.15) is 0 Å². The topological polar surface area (TPSA) is 73.8 Å². The molecule has 1 saturated heterocycles. The van der Waals surface area contributed by atoms with E-state index in [2.05, 4.69) is 28.6 Å². The number of guanidine groups is 1. The second-order valence-electron chi connectivity index (χ2n) is 6.40. The highest BCUT2D eigenvalue weighted by molar-refractivity contribution is 14.0. The summed E-state index contributed by atoms with van der Waals surface area (Å²) in [5.41, 5.74) is -5.25. The van der Waals surface area contributed by atoms with Gasteiger partial charge in [0, 0.05) is 36.5 Å². The van der Waals surface area contributed by atoms with Gasteiger partial charge in [-0.25, -0.2) is 8.42 Å². The fraction of sp³-hybridized carbons (Fsp3) is 0.688. The third-order valence-corrected chi connectivity index (χ3v) is 7.06. The van der Waals surface area contributed by atoms with Crippen molar-refractivity contribution < 1.29 is 21.6 Å². The summed E-state index contributed by atoms with van der Waals surface area (Å²) in [6, 6.07) is 3.92. The van der Waals surface area contributed by atoms with E-state index in [-0.39, 0.29) is 49.0 Å². The minimum Gasteiger partial charge on any atom is -0.357 e. The standard InChI is InChI=1S/C16H25F3N4O2S2.HI/c1-3-20-15(21-11-12(2)14-5-4-10-26-14)22-13-6-8-23(9-7-13)27(24,25)16(17,18)19;/h4-5,10,12-13H,3,6-9,11H2,1-2H3,(H2,20,21,22);1H. The Balaban J connectivity index is 0.00000392. The number of hydrogen-bond donors (Lipinski definition) is 2. The first-order chi connectivity index (χ1) is 12.6. The van der Waals surface area contributed by atoms with E-state index in [4.69, 9.17) is 0 Å². The molecule has 0 radical (unpaired) electrons. The zero-order valence-corrected chi connectivity index (χ0v) is 19.7. The summed E-state index contributed by atoms with van der Waals surface area (Å²) in [4.78, 5) is 5.80. The van der Waals surface area contributed by atoms with Crippen LogP contribution in [0.5, 0.6) is 0 Å². The number of sulfonamides is 1. The van der Waals surface area contributed by atoms with Crippen molar-refractivity contribution in [1.29, 1.82) is 0 Å². The van der Waals surface area contributed by atoms with Crippen molar-refractivity contribution >= 4 is 51.3 Å². The summed E-state index contributed by atoms with van der Waals surface area (Å²) in [5.74, 6) is 0.859. The zero-order chi connectivity index (χ0) is 20.1. The largest absolute Gasteiger partial charge is 0.511 e. The third kappa shape index (κ3) is 6.73. The Kier molecular flexibility index (Phi) is 9.97. The molecule has 12 heteroatoms. The Morgan fingerprint density at radius 1 is 1.39 bits per heavy atom. The molecule has 2 N–H and O–H groups in total. The molecule has 162 valence electrons. The fourth-order valence-corrected chi connectivity index (χ4v) is 4.55. The van der Waals surface area contributed by atoms with Crippen LogP contribution >= 0.6 is 35.3 Å². The van der Waals surface area contributed by atoms with Gasteiger partial charge in [0.05, 0.1) is 6.54 Å². The average molecular weight is 554 g/mol. The van der Waals surface area contributed by atoms with Gasteiger partial charge in [-0.1, -0.05) is 13.0 Å². The Bertz CT molecular complexity index is 719. The van der Waals surface area contributed by atoms with E-state index in [9.17, 15) is 21.6 Å². The molecule has 0 amide bonds. The average Bonchev–Trinajstić information content (AvgIpc) is 3.14. The van der Waals surface area contributed by atoms with E-state index in [0.717, 1.165) is 0 Å². The number of nitrogens with one attached hydrogen (secondary N) is 2. The molecule has 0 aliphatic carbocycles. The number of piperidine rings is 1. The van der Waals surface area contributed by atoms with Gasteiger partial charge in [-0.2, -0.15) is 17.5 Å². The SMILES string of the molecule is CCNC(=NCC(C)c1cccs1)NC1CCN(S(=O)(=O)C(F)(F)F)CC1.I. The van der Waals surface area contributed by atoms with Crippen molar-refractivity contribution in [2.45, 2.75) is 44.2 Å². The maximum absolute atomic E-state index is 12.6. The van der Waals surface area contributed by atoms with E-state index >= 15 is 0 Å². The second kappa shape index (κ2) is 11.0. The van der Waals surface area contributed by atoms with Crippen LogP contribution in [-0.4, -0.2) is 56.4 Å². The van der Waals surface area contributed by atoms with Gasteiger partial charge >= 0.3 is 15.5 Å². The summed E-state index contributed by atoms with van der Waals surface area (Å²) < 4.78 is 61.4. The molecule has 1 atom stereocenters. The van der Waals surface area contributed by atoms with Gasteiger partial charge in [-0.3, -0.25) is 4.99 Å². The highest BCUT2D eigenvalue weighted by atomic mass is 127. The molecular weight excluding hydrogens is 528 g/mol. The van der Waals surface area contributed by atoms with Gasteiger partial charge in [0.2, 0.25) is 0 Å². The number of hydrogen-bond acceptors (Lipinski definition) is 4. The molecule has 0 saturated carbocycles. The van der Waals surface area contributed by atoms with Gasteiger partial charge in [-0.05, 0) is 31.2 Å². The first kappa shape index (κ1) is 25.4.